The smallest absolute Gasteiger partial charge is 0.134 e. The highest BCUT2D eigenvalue weighted by molar-refractivity contribution is 5.66. The lowest BCUT2D eigenvalue weighted by Gasteiger charge is -2.17. The van der Waals surface area contributed by atoms with Gasteiger partial charge in [0.2, 0.25) is 0 Å². The van der Waals surface area contributed by atoms with Crippen molar-refractivity contribution >= 4 is 17.2 Å². The maximum absolute atomic E-state index is 4.96. The molecule has 1 N–H and O–H groups in total. The van der Waals surface area contributed by atoms with Gasteiger partial charge in [-0.2, -0.15) is 0 Å². The van der Waals surface area contributed by atoms with E-state index in [1.807, 2.05) is 26.2 Å². The van der Waals surface area contributed by atoms with Gasteiger partial charge in [-0.3, -0.25) is 0 Å². The Kier molecular flexibility index (Phi) is 7.23. The fourth-order valence-electron chi connectivity index (χ4n) is 3.56. The Bertz CT molecular complexity index is 882. The van der Waals surface area contributed by atoms with Gasteiger partial charge in [0.1, 0.15) is 11.6 Å². The van der Waals surface area contributed by atoms with Crippen LogP contribution < -0.4 is 10.2 Å². The van der Waals surface area contributed by atoms with Crippen molar-refractivity contribution in [3.8, 4) is 11.3 Å². The molecule has 0 saturated carbocycles. The van der Waals surface area contributed by atoms with E-state index in [2.05, 4.69) is 72.6 Å². The van der Waals surface area contributed by atoms with Crippen molar-refractivity contribution in [1.82, 2.24) is 9.97 Å². The molecule has 0 unspecified atom stereocenters. The quantitative estimate of drug-likeness (QED) is 0.446. The van der Waals surface area contributed by atoms with Crippen molar-refractivity contribution in [2.24, 2.45) is 0 Å². The third-order valence-corrected chi connectivity index (χ3v) is 5.11. The van der Waals surface area contributed by atoms with Gasteiger partial charge < -0.3 is 10.2 Å². The highest BCUT2D eigenvalue weighted by Gasteiger charge is 2.16. The molecular weight excluding hydrogens is 356 g/mol. The van der Waals surface area contributed by atoms with E-state index >= 15 is 0 Å². The summed E-state index contributed by atoms with van der Waals surface area (Å²) in [7, 11) is 4.10. The standard InChI is InChI=1S/C25H32N4/c1-5-10-20(11-6-2)25-27-23(19-12-8-7-9-13-19)18-24(28-25)26-21-14-16-22(17-15-21)29(3)4/h7-9,12-18,20H,5-6,10-11H2,1-4H3,(H,26,27,28). The van der Waals surface area contributed by atoms with Gasteiger partial charge in [0.05, 0.1) is 5.69 Å². The first-order valence-corrected chi connectivity index (χ1v) is 10.6. The molecule has 0 bridgehead atoms. The lowest BCUT2D eigenvalue weighted by atomic mass is 9.97. The van der Waals surface area contributed by atoms with Gasteiger partial charge in [0.25, 0.3) is 0 Å². The summed E-state index contributed by atoms with van der Waals surface area (Å²) in [5, 5.41) is 3.49. The van der Waals surface area contributed by atoms with E-state index in [1.54, 1.807) is 0 Å². The lowest BCUT2D eigenvalue weighted by Crippen LogP contribution is -2.09. The van der Waals surface area contributed by atoms with Crippen LogP contribution in [0.4, 0.5) is 17.2 Å². The molecule has 4 heteroatoms. The largest absolute Gasteiger partial charge is 0.378 e. The SMILES string of the molecule is CCCC(CCC)c1nc(Nc2ccc(N(C)C)cc2)cc(-c2ccccc2)n1. The van der Waals surface area contributed by atoms with E-state index in [0.717, 1.165) is 54.3 Å². The Balaban J connectivity index is 1.97. The van der Waals surface area contributed by atoms with Crippen LogP contribution in [-0.2, 0) is 0 Å². The molecule has 152 valence electrons. The fraction of sp³-hybridized carbons (Fsp3) is 0.360. The van der Waals surface area contributed by atoms with Crippen LogP contribution in [0.2, 0.25) is 0 Å². The van der Waals surface area contributed by atoms with Gasteiger partial charge in [-0.05, 0) is 37.1 Å². The monoisotopic (exact) mass is 388 g/mol. The predicted octanol–water partition coefficient (Wildman–Crippen LogP) is 6.64. The van der Waals surface area contributed by atoms with E-state index in [0.29, 0.717) is 5.92 Å². The van der Waals surface area contributed by atoms with Crippen LogP contribution in [-0.4, -0.2) is 24.1 Å². The Labute approximate surface area is 175 Å². The topological polar surface area (TPSA) is 41.1 Å². The van der Waals surface area contributed by atoms with Crippen LogP contribution >= 0.6 is 0 Å². The third kappa shape index (κ3) is 5.57. The summed E-state index contributed by atoms with van der Waals surface area (Å²) in [6.45, 7) is 4.46. The number of anilines is 3. The minimum Gasteiger partial charge on any atom is -0.378 e. The number of hydrogen-bond donors (Lipinski definition) is 1. The Morgan fingerprint density at radius 1 is 0.862 bits per heavy atom. The molecule has 1 aromatic heterocycles. The van der Waals surface area contributed by atoms with Crippen molar-refractivity contribution in [3.63, 3.8) is 0 Å². The summed E-state index contributed by atoms with van der Waals surface area (Å²) in [5.41, 5.74) is 4.30. The second-order valence-corrected chi connectivity index (χ2v) is 7.70. The zero-order chi connectivity index (χ0) is 20.6. The van der Waals surface area contributed by atoms with Crippen LogP contribution in [0.25, 0.3) is 11.3 Å². The maximum atomic E-state index is 4.96. The number of aromatic nitrogens is 2. The van der Waals surface area contributed by atoms with E-state index in [1.165, 1.54) is 5.69 Å². The van der Waals surface area contributed by atoms with Gasteiger partial charge in [0, 0.05) is 43.0 Å². The molecule has 0 spiro atoms. The molecule has 2 aromatic carbocycles. The Morgan fingerprint density at radius 3 is 2.10 bits per heavy atom. The van der Waals surface area contributed by atoms with Crippen LogP contribution in [0.5, 0.6) is 0 Å². The number of hydrogen-bond acceptors (Lipinski definition) is 4. The van der Waals surface area contributed by atoms with Gasteiger partial charge in [-0.1, -0.05) is 57.0 Å². The molecule has 3 aromatic rings. The molecule has 29 heavy (non-hydrogen) atoms. The maximum Gasteiger partial charge on any atom is 0.134 e. The summed E-state index contributed by atoms with van der Waals surface area (Å²) in [6, 6.07) is 20.8. The Morgan fingerprint density at radius 2 is 1.52 bits per heavy atom. The minimum absolute atomic E-state index is 0.394. The summed E-state index contributed by atoms with van der Waals surface area (Å²) in [6.07, 6.45) is 4.50. The molecule has 0 aliphatic rings. The summed E-state index contributed by atoms with van der Waals surface area (Å²) >= 11 is 0. The van der Waals surface area contributed by atoms with Crippen LogP contribution in [0.3, 0.4) is 0 Å². The van der Waals surface area contributed by atoms with Crippen molar-refractivity contribution < 1.29 is 0 Å². The van der Waals surface area contributed by atoms with Gasteiger partial charge in [0.15, 0.2) is 0 Å². The zero-order valence-electron chi connectivity index (χ0n) is 18.0. The third-order valence-electron chi connectivity index (χ3n) is 5.11. The molecule has 0 saturated heterocycles. The van der Waals surface area contributed by atoms with Crippen LogP contribution in [0.1, 0.15) is 51.3 Å². The van der Waals surface area contributed by atoms with E-state index in [-0.39, 0.29) is 0 Å². The van der Waals surface area contributed by atoms with E-state index in [4.69, 9.17) is 9.97 Å². The number of nitrogens with zero attached hydrogens (tertiary/aromatic N) is 3. The molecule has 0 fully saturated rings. The lowest BCUT2D eigenvalue weighted by molar-refractivity contribution is 0.535. The number of nitrogens with one attached hydrogen (secondary N) is 1. The number of rotatable bonds is 9. The van der Waals surface area contributed by atoms with Crippen molar-refractivity contribution in [3.05, 3.63) is 66.5 Å². The summed E-state index contributed by atoms with van der Waals surface area (Å²) in [5.74, 6) is 2.19. The van der Waals surface area contributed by atoms with E-state index in [9.17, 15) is 0 Å². The normalized spacial score (nSPS) is 10.9. The van der Waals surface area contributed by atoms with Gasteiger partial charge >= 0.3 is 0 Å². The highest BCUT2D eigenvalue weighted by Crippen LogP contribution is 2.29. The first-order chi connectivity index (χ1) is 14.1. The first-order valence-electron chi connectivity index (χ1n) is 10.6. The van der Waals surface area contributed by atoms with Crippen LogP contribution in [0, 0.1) is 0 Å². The minimum atomic E-state index is 0.394. The van der Waals surface area contributed by atoms with Gasteiger partial charge in [-0.25, -0.2) is 9.97 Å². The van der Waals surface area contributed by atoms with Crippen molar-refractivity contribution in [1.29, 1.82) is 0 Å². The van der Waals surface area contributed by atoms with Crippen molar-refractivity contribution in [2.45, 2.75) is 45.4 Å². The second-order valence-electron chi connectivity index (χ2n) is 7.70. The molecule has 3 rings (SSSR count). The average Bonchev–Trinajstić information content (AvgIpc) is 2.74. The molecule has 0 aliphatic heterocycles. The fourth-order valence-corrected chi connectivity index (χ4v) is 3.56. The van der Waals surface area contributed by atoms with E-state index < -0.39 is 0 Å². The summed E-state index contributed by atoms with van der Waals surface area (Å²) in [4.78, 5) is 12.0. The molecule has 0 amide bonds. The molecule has 4 nitrogen and oxygen atoms in total. The van der Waals surface area contributed by atoms with Gasteiger partial charge in [-0.15, -0.1) is 0 Å². The molecule has 0 radical (unpaired) electrons. The molecule has 0 aliphatic carbocycles. The molecule has 1 heterocycles. The van der Waals surface area contributed by atoms with Crippen LogP contribution in [0.15, 0.2) is 60.7 Å². The summed E-state index contributed by atoms with van der Waals surface area (Å²) < 4.78 is 0. The van der Waals surface area contributed by atoms with Crippen molar-refractivity contribution in [2.75, 3.05) is 24.3 Å². The first kappa shape index (κ1) is 20.8. The average molecular weight is 389 g/mol. The molecular formula is C25H32N4. The Hall–Kier alpha value is -2.88. The molecule has 0 atom stereocenters. The number of benzene rings is 2. The zero-order valence-corrected chi connectivity index (χ0v) is 18.0. The predicted molar refractivity (Wildman–Crippen MR) is 124 cm³/mol. The second kappa shape index (κ2) is 10.1. The highest BCUT2D eigenvalue weighted by atomic mass is 15.1.